The summed E-state index contributed by atoms with van der Waals surface area (Å²) in [5.74, 6) is 1.25. The molecular formula is C15H19ClN4O. The lowest BCUT2D eigenvalue weighted by atomic mass is 10.1. The predicted octanol–water partition coefficient (Wildman–Crippen LogP) is 3.55. The lowest BCUT2D eigenvalue weighted by molar-refractivity contribution is 0.210. The molecule has 1 aromatic heterocycles. The van der Waals surface area contributed by atoms with E-state index in [0.29, 0.717) is 24.1 Å². The maximum absolute atomic E-state index is 6.28. The van der Waals surface area contributed by atoms with Crippen molar-refractivity contribution in [3.8, 4) is 0 Å². The summed E-state index contributed by atoms with van der Waals surface area (Å²) in [5, 5.41) is 7.00. The van der Waals surface area contributed by atoms with Crippen LogP contribution in [0.15, 0.2) is 24.4 Å². The van der Waals surface area contributed by atoms with Crippen molar-refractivity contribution in [1.29, 1.82) is 0 Å². The van der Waals surface area contributed by atoms with E-state index in [9.17, 15) is 0 Å². The second-order valence-corrected chi connectivity index (χ2v) is 5.16. The van der Waals surface area contributed by atoms with Gasteiger partial charge in [-0.15, -0.1) is 0 Å². The summed E-state index contributed by atoms with van der Waals surface area (Å²) >= 11 is 6.28. The summed E-state index contributed by atoms with van der Waals surface area (Å²) < 4.78 is 4.99. The van der Waals surface area contributed by atoms with Crippen LogP contribution in [0.3, 0.4) is 0 Å². The van der Waals surface area contributed by atoms with Gasteiger partial charge in [0.15, 0.2) is 0 Å². The molecule has 2 N–H and O–H groups in total. The summed E-state index contributed by atoms with van der Waals surface area (Å²) in [6.07, 6.45) is 1.70. The Labute approximate surface area is 129 Å². The Hall–Kier alpha value is -1.85. The third kappa shape index (κ3) is 4.31. The molecule has 1 heterocycles. The van der Waals surface area contributed by atoms with Gasteiger partial charge < -0.3 is 15.4 Å². The summed E-state index contributed by atoms with van der Waals surface area (Å²) in [4.78, 5) is 8.61. The van der Waals surface area contributed by atoms with Crippen LogP contribution in [0, 0.1) is 13.8 Å². The van der Waals surface area contributed by atoms with Gasteiger partial charge in [-0.1, -0.05) is 17.7 Å². The van der Waals surface area contributed by atoms with E-state index in [1.807, 2.05) is 26.0 Å². The van der Waals surface area contributed by atoms with Crippen LogP contribution < -0.4 is 10.6 Å². The molecule has 0 aliphatic rings. The van der Waals surface area contributed by atoms with Gasteiger partial charge in [-0.05, 0) is 37.1 Å². The molecule has 0 radical (unpaired) electrons. The van der Waals surface area contributed by atoms with Crippen LogP contribution >= 0.6 is 11.6 Å². The van der Waals surface area contributed by atoms with Gasteiger partial charge in [0.05, 0.1) is 17.3 Å². The Kier molecular flexibility index (Phi) is 5.36. The van der Waals surface area contributed by atoms with E-state index in [-0.39, 0.29) is 0 Å². The van der Waals surface area contributed by atoms with Crippen molar-refractivity contribution in [3.05, 3.63) is 40.5 Å². The highest BCUT2D eigenvalue weighted by atomic mass is 35.5. The third-order valence-electron chi connectivity index (χ3n) is 2.94. The fraction of sp³-hybridized carbons (Fsp3) is 0.333. The van der Waals surface area contributed by atoms with Crippen LogP contribution in [0.4, 0.5) is 17.5 Å². The fourth-order valence-corrected chi connectivity index (χ4v) is 2.35. The van der Waals surface area contributed by atoms with E-state index >= 15 is 0 Å². The largest absolute Gasteiger partial charge is 0.383 e. The first kappa shape index (κ1) is 15.5. The minimum Gasteiger partial charge on any atom is -0.383 e. The molecule has 0 unspecified atom stereocenters. The van der Waals surface area contributed by atoms with Crippen molar-refractivity contribution in [2.75, 3.05) is 30.9 Å². The lowest BCUT2D eigenvalue weighted by Gasteiger charge is -2.12. The van der Waals surface area contributed by atoms with Gasteiger partial charge in [0, 0.05) is 19.9 Å². The Bertz CT molecular complexity index is 595. The summed E-state index contributed by atoms with van der Waals surface area (Å²) in [6, 6.07) is 5.79. The summed E-state index contributed by atoms with van der Waals surface area (Å²) in [5.41, 5.74) is 3.01. The van der Waals surface area contributed by atoms with Crippen molar-refractivity contribution in [2.24, 2.45) is 0 Å². The second kappa shape index (κ2) is 7.24. The number of nitrogens with one attached hydrogen (secondary N) is 2. The van der Waals surface area contributed by atoms with Crippen molar-refractivity contribution >= 4 is 29.1 Å². The van der Waals surface area contributed by atoms with E-state index in [2.05, 4.69) is 26.7 Å². The van der Waals surface area contributed by atoms with E-state index in [0.717, 1.165) is 22.6 Å². The van der Waals surface area contributed by atoms with Gasteiger partial charge in [0.2, 0.25) is 5.95 Å². The maximum atomic E-state index is 6.28. The number of ether oxygens (including phenoxy) is 1. The minimum absolute atomic E-state index is 0.506. The Morgan fingerprint density at radius 1 is 1.29 bits per heavy atom. The van der Waals surface area contributed by atoms with Crippen LogP contribution in [0.1, 0.15) is 11.1 Å². The number of nitrogens with zero attached hydrogens (tertiary/aromatic N) is 2. The fourth-order valence-electron chi connectivity index (χ4n) is 1.98. The first-order valence-corrected chi connectivity index (χ1v) is 7.07. The van der Waals surface area contributed by atoms with Crippen molar-refractivity contribution in [2.45, 2.75) is 13.8 Å². The van der Waals surface area contributed by atoms with Crippen LogP contribution in [-0.4, -0.2) is 30.2 Å². The maximum Gasteiger partial charge on any atom is 0.229 e. The Morgan fingerprint density at radius 3 is 2.81 bits per heavy atom. The lowest BCUT2D eigenvalue weighted by Crippen LogP contribution is -2.10. The average molecular weight is 307 g/mol. The number of benzene rings is 1. The Morgan fingerprint density at radius 2 is 2.10 bits per heavy atom. The number of hydrogen-bond donors (Lipinski definition) is 2. The molecule has 0 amide bonds. The number of halogens is 1. The highest BCUT2D eigenvalue weighted by molar-refractivity contribution is 6.33. The number of methoxy groups -OCH3 is 1. The molecule has 1 aromatic carbocycles. The molecule has 0 saturated carbocycles. The minimum atomic E-state index is 0.506. The third-order valence-corrected chi connectivity index (χ3v) is 3.23. The monoisotopic (exact) mass is 306 g/mol. The highest BCUT2D eigenvalue weighted by Gasteiger charge is 2.07. The van der Waals surface area contributed by atoms with Crippen LogP contribution in [0.25, 0.3) is 0 Å². The molecule has 0 spiro atoms. The topological polar surface area (TPSA) is 59.1 Å². The quantitative estimate of drug-likeness (QED) is 0.799. The number of aryl methyl sites for hydroxylation is 2. The number of aromatic nitrogens is 2. The van der Waals surface area contributed by atoms with Gasteiger partial charge in [0.25, 0.3) is 0 Å². The normalized spacial score (nSPS) is 10.5. The number of hydrogen-bond acceptors (Lipinski definition) is 5. The molecular weight excluding hydrogens is 288 g/mol. The molecule has 112 valence electrons. The predicted molar refractivity (Wildman–Crippen MR) is 86.6 cm³/mol. The summed E-state index contributed by atoms with van der Waals surface area (Å²) in [7, 11) is 1.66. The zero-order valence-corrected chi connectivity index (χ0v) is 13.2. The van der Waals surface area contributed by atoms with E-state index in [1.54, 1.807) is 13.3 Å². The van der Waals surface area contributed by atoms with E-state index in [1.165, 1.54) is 0 Å². The molecule has 2 rings (SSSR count). The molecule has 5 nitrogen and oxygen atoms in total. The number of rotatable bonds is 6. The van der Waals surface area contributed by atoms with Crippen LogP contribution in [0.5, 0.6) is 0 Å². The molecule has 21 heavy (non-hydrogen) atoms. The molecule has 0 bridgehead atoms. The Balaban J connectivity index is 2.15. The molecule has 0 saturated heterocycles. The first-order valence-electron chi connectivity index (χ1n) is 6.70. The molecule has 0 atom stereocenters. The SMILES string of the molecule is COCCNc1ccnc(Nc2c(C)cc(C)cc2Cl)n1. The second-order valence-electron chi connectivity index (χ2n) is 4.75. The zero-order chi connectivity index (χ0) is 15.2. The molecule has 0 aliphatic carbocycles. The van der Waals surface area contributed by atoms with E-state index in [4.69, 9.17) is 16.3 Å². The molecule has 0 fully saturated rings. The molecule has 2 aromatic rings. The van der Waals surface area contributed by atoms with Crippen molar-refractivity contribution < 1.29 is 4.74 Å². The first-order chi connectivity index (χ1) is 10.1. The summed E-state index contributed by atoms with van der Waals surface area (Å²) in [6.45, 7) is 5.33. The van der Waals surface area contributed by atoms with Gasteiger partial charge in [0.1, 0.15) is 5.82 Å². The van der Waals surface area contributed by atoms with Crippen molar-refractivity contribution in [3.63, 3.8) is 0 Å². The van der Waals surface area contributed by atoms with Gasteiger partial charge in [-0.2, -0.15) is 4.98 Å². The number of anilines is 3. The highest BCUT2D eigenvalue weighted by Crippen LogP contribution is 2.29. The molecule has 0 aliphatic heterocycles. The zero-order valence-electron chi connectivity index (χ0n) is 12.4. The van der Waals surface area contributed by atoms with Crippen LogP contribution in [-0.2, 0) is 4.74 Å². The van der Waals surface area contributed by atoms with Gasteiger partial charge in [-0.25, -0.2) is 4.98 Å². The van der Waals surface area contributed by atoms with Crippen LogP contribution in [0.2, 0.25) is 5.02 Å². The standard InChI is InChI=1S/C15H19ClN4O/c1-10-8-11(2)14(12(16)9-10)20-15-18-5-4-13(19-15)17-6-7-21-3/h4-5,8-9H,6-7H2,1-3H3,(H2,17,18,19,20). The van der Waals surface area contributed by atoms with Gasteiger partial charge >= 0.3 is 0 Å². The smallest absolute Gasteiger partial charge is 0.229 e. The average Bonchev–Trinajstić information content (AvgIpc) is 2.44. The van der Waals surface area contributed by atoms with Gasteiger partial charge in [-0.3, -0.25) is 0 Å². The molecule has 6 heteroatoms. The van der Waals surface area contributed by atoms with E-state index < -0.39 is 0 Å². The van der Waals surface area contributed by atoms with Crippen molar-refractivity contribution in [1.82, 2.24) is 9.97 Å².